The molecule has 1 fully saturated rings. The average molecular weight is 367 g/mol. The van der Waals surface area contributed by atoms with Crippen LogP contribution in [-0.4, -0.2) is 44.7 Å². The van der Waals surface area contributed by atoms with Crippen LogP contribution in [0.4, 0.5) is 0 Å². The summed E-state index contributed by atoms with van der Waals surface area (Å²) in [5.41, 5.74) is 0.854. The molecule has 2 rings (SSSR count). The Morgan fingerprint density at radius 3 is 2.95 bits per heavy atom. The van der Waals surface area contributed by atoms with Crippen LogP contribution in [0.15, 0.2) is 19.1 Å². The lowest BCUT2D eigenvalue weighted by molar-refractivity contribution is 0.0360. The number of carbonyl (C=O) groups excluding carboxylic acids is 1. The number of nitrogens with zero attached hydrogens (tertiary/aromatic N) is 2. The molecular formula is C10H11BrN2O4S2. The molecule has 1 aromatic heterocycles. The Bertz CT molecular complexity index is 602. The normalized spacial score (nSPS) is 21.1. The summed E-state index contributed by atoms with van der Waals surface area (Å²) < 4.78 is 32.3. The number of hydrogen-bond donors (Lipinski definition) is 0. The largest absolute Gasteiger partial charge is 0.376 e. The van der Waals surface area contributed by atoms with Gasteiger partial charge in [-0.25, -0.2) is 13.2 Å². The van der Waals surface area contributed by atoms with Gasteiger partial charge in [0.25, 0.3) is 10.0 Å². The summed E-state index contributed by atoms with van der Waals surface area (Å²) in [4.78, 5) is 13.9. The molecule has 1 aliphatic heterocycles. The number of sulfonamides is 1. The summed E-state index contributed by atoms with van der Waals surface area (Å²) in [6.45, 7) is 2.35. The molecule has 1 atom stereocenters. The molecule has 0 aromatic carbocycles. The fourth-order valence-electron chi connectivity index (χ4n) is 1.69. The molecule has 1 aromatic rings. The highest BCUT2D eigenvalue weighted by Crippen LogP contribution is 2.33. The van der Waals surface area contributed by atoms with Gasteiger partial charge in [0.15, 0.2) is 6.17 Å². The number of thiophene rings is 1. The summed E-state index contributed by atoms with van der Waals surface area (Å²) in [5.74, 6) is 0. The monoisotopic (exact) mass is 366 g/mol. The Morgan fingerprint density at radius 2 is 2.37 bits per heavy atom. The smallest absolute Gasteiger partial charge is 0.254 e. The minimum atomic E-state index is -3.67. The first kappa shape index (κ1) is 14.8. The van der Waals surface area contributed by atoms with Crippen molar-refractivity contribution in [3.05, 3.63) is 15.4 Å². The number of halogens is 1. The van der Waals surface area contributed by atoms with Gasteiger partial charge in [0.05, 0.1) is 17.0 Å². The van der Waals surface area contributed by atoms with Gasteiger partial charge in [0, 0.05) is 6.54 Å². The molecule has 0 amide bonds. The number of morpholine rings is 1. The number of isocyanates is 1. The maximum absolute atomic E-state index is 12.5. The Kier molecular flexibility index (Phi) is 4.54. The summed E-state index contributed by atoms with van der Waals surface area (Å²) in [6, 6.07) is 1.60. The second-order valence-electron chi connectivity index (χ2n) is 3.91. The highest BCUT2D eigenvalue weighted by Gasteiger charge is 2.35. The average Bonchev–Trinajstić information content (AvgIpc) is 2.71. The van der Waals surface area contributed by atoms with E-state index in [0.29, 0.717) is 0 Å². The van der Waals surface area contributed by atoms with E-state index < -0.39 is 16.2 Å². The molecule has 1 unspecified atom stereocenters. The van der Waals surface area contributed by atoms with E-state index in [1.807, 2.05) is 6.92 Å². The first-order valence-corrected chi connectivity index (χ1v) is 8.44. The number of aryl methyl sites for hydroxylation is 1. The topological polar surface area (TPSA) is 76.0 Å². The van der Waals surface area contributed by atoms with Gasteiger partial charge in [-0.3, -0.25) is 0 Å². The Labute approximate surface area is 123 Å². The van der Waals surface area contributed by atoms with E-state index in [1.165, 1.54) is 10.4 Å². The van der Waals surface area contributed by atoms with Crippen molar-refractivity contribution < 1.29 is 17.9 Å². The van der Waals surface area contributed by atoms with Crippen molar-refractivity contribution in [3.8, 4) is 0 Å². The first-order chi connectivity index (χ1) is 8.96. The summed E-state index contributed by atoms with van der Waals surface area (Å²) in [5, 5.41) is 0. The standard InChI is InChI=1S/C10H11BrN2O4S2/c1-7-4-9(18-10(7)11)19(15,16)13-2-3-17-5-8(13)12-6-14/h4,8H,2-3,5H2,1H3. The maximum atomic E-state index is 12.5. The van der Waals surface area contributed by atoms with E-state index in [0.717, 1.165) is 20.7 Å². The predicted octanol–water partition coefficient (Wildman–Crippen LogP) is 1.50. The lowest BCUT2D eigenvalue weighted by Crippen LogP contribution is -2.47. The van der Waals surface area contributed by atoms with Gasteiger partial charge in [0.2, 0.25) is 6.08 Å². The quantitative estimate of drug-likeness (QED) is 0.599. The molecule has 0 radical (unpaired) electrons. The highest BCUT2D eigenvalue weighted by atomic mass is 79.9. The SMILES string of the molecule is Cc1cc(S(=O)(=O)N2CCOCC2N=C=O)sc1Br. The van der Waals surface area contributed by atoms with Gasteiger partial charge in [-0.1, -0.05) is 0 Å². The summed E-state index contributed by atoms with van der Waals surface area (Å²) in [6.07, 6.45) is 0.555. The highest BCUT2D eigenvalue weighted by molar-refractivity contribution is 9.11. The molecule has 6 nitrogen and oxygen atoms in total. The molecule has 1 aliphatic rings. The minimum Gasteiger partial charge on any atom is -0.376 e. The van der Waals surface area contributed by atoms with Crippen molar-refractivity contribution in [1.29, 1.82) is 0 Å². The van der Waals surface area contributed by atoms with Gasteiger partial charge in [-0.2, -0.15) is 9.30 Å². The van der Waals surface area contributed by atoms with E-state index in [-0.39, 0.29) is 24.0 Å². The second kappa shape index (κ2) is 5.82. The third kappa shape index (κ3) is 2.96. The van der Waals surface area contributed by atoms with Crippen LogP contribution in [0.25, 0.3) is 0 Å². The molecule has 0 spiro atoms. The van der Waals surface area contributed by atoms with Crippen molar-refractivity contribution >= 4 is 43.4 Å². The van der Waals surface area contributed by atoms with Crippen LogP contribution in [-0.2, 0) is 19.6 Å². The Balaban J connectivity index is 2.39. The van der Waals surface area contributed by atoms with E-state index in [9.17, 15) is 13.2 Å². The van der Waals surface area contributed by atoms with Crippen LogP contribution >= 0.6 is 27.3 Å². The van der Waals surface area contributed by atoms with Crippen molar-refractivity contribution in [2.24, 2.45) is 4.99 Å². The summed E-state index contributed by atoms with van der Waals surface area (Å²) >= 11 is 4.44. The van der Waals surface area contributed by atoms with E-state index in [4.69, 9.17) is 4.74 Å². The van der Waals surface area contributed by atoms with Crippen molar-refractivity contribution in [2.45, 2.75) is 17.3 Å². The number of rotatable bonds is 3. The second-order valence-corrected chi connectivity index (χ2v) is 8.40. The zero-order valence-electron chi connectivity index (χ0n) is 10.00. The molecule has 9 heteroatoms. The zero-order chi connectivity index (χ0) is 14.0. The van der Waals surface area contributed by atoms with Gasteiger partial charge in [0.1, 0.15) is 4.21 Å². The molecule has 1 saturated heterocycles. The fourth-order valence-corrected chi connectivity index (χ4v) is 5.54. The van der Waals surface area contributed by atoms with E-state index in [2.05, 4.69) is 20.9 Å². The number of hydrogen-bond acceptors (Lipinski definition) is 6. The first-order valence-electron chi connectivity index (χ1n) is 5.39. The van der Waals surface area contributed by atoms with Crippen molar-refractivity contribution in [2.75, 3.05) is 19.8 Å². The number of ether oxygens (including phenoxy) is 1. The summed E-state index contributed by atoms with van der Waals surface area (Å²) in [7, 11) is -3.67. The van der Waals surface area contributed by atoms with Gasteiger partial charge < -0.3 is 4.74 Å². The van der Waals surface area contributed by atoms with E-state index >= 15 is 0 Å². The van der Waals surface area contributed by atoms with Crippen LogP contribution in [0.3, 0.4) is 0 Å². The predicted molar refractivity (Wildman–Crippen MR) is 73.4 cm³/mol. The third-order valence-electron chi connectivity index (χ3n) is 2.65. The van der Waals surface area contributed by atoms with Crippen molar-refractivity contribution in [1.82, 2.24) is 4.31 Å². The molecule has 2 heterocycles. The van der Waals surface area contributed by atoms with Gasteiger partial charge in [-0.15, -0.1) is 11.3 Å². The van der Waals surface area contributed by atoms with Gasteiger partial charge >= 0.3 is 0 Å². The Hall–Kier alpha value is -0.570. The van der Waals surface area contributed by atoms with Crippen LogP contribution < -0.4 is 0 Å². The van der Waals surface area contributed by atoms with Crippen LogP contribution in [0.1, 0.15) is 5.56 Å². The molecule has 104 valence electrons. The lowest BCUT2D eigenvalue weighted by Gasteiger charge is -2.30. The van der Waals surface area contributed by atoms with Gasteiger partial charge in [-0.05, 0) is 34.5 Å². The fraction of sp³-hybridized carbons (Fsp3) is 0.500. The molecule has 19 heavy (non-hydrogen) atoms. The zero-order valence-corrected chi connectivity index (χ0v) is 13.2. The molecule has 0 bridgehead atoms. The molecule has 0 aliphatic carbocycles. The molecule has 0 N–H and O–H groups in total. The van der Waals surface area contributed by atoms with Crippen LogP contribution in [0.2, 0.25) is 0 Å². The minimum absolute atomic E-state index is 0.0694. The third-order valence-corrected chi connectivity index (χ3v) is 7.14. The van der Waals surface area contributed by atoms with E-state index in [1.54, 1.807) is 6.07 Å². The molecule has 0 saturated carbocycles. The van der Waals surface area contributed by atoms with Crippen molar-refractivity contribution in [3.63, 3.8) is 0 Å². The van der Waals surface area contributed by atoms with Crippen LogP contribution in [0, 0.1) is 6.92 Å². The number of aliphatic imine (C=N–C) groups is 1. The van der Waals surface area contributed by atoms with Crippen LogP contribution in [0.5, 0.6) is 0 Å². The molecular weight excluding hydrogens is 356 g/mol. The Morgan fingerprint density at radius 1 is 1.63 bits per heavy atom. The lowest BCUT2D eigenvalue weighted by atomic mass is 10.4. The maximum Gasteiger partial charge on any atom is 0.254 e.